The molecule has 0 spiro atoms. The Labute approximate surface area is 161 Å². The Morgan fingerprint density at radius 3 is 2.78 bits per heavy atom. The number of aromatic nitrogens is 1. The van der Waals surface area contributed by atoms with Crippen LogP contribution in [0.1, 0.15) is 31.2 Å². The van der Waals surface area contributed by atoms with Crippen LogP contribution in [0.15, 0.2) is 24.5 Å². The van der Waals surface area contributed by atoms with Crippen molar-refractivity contribution in [1.29, 1.82) is 0 Å². The third-order valence-corrected chi connectivity index (χ3v) is 8.35. The Bertz CT molecular complexity index is 794. The number of fused-ring (bicyclic) bond motifs is 1. The number of amides is 1. The summed E-state index contributed by atoms with van der Waals surface area (Å²) in [6.45, 7) is 3.74. The monoisotopic (exact) mass is 392 g/mol. The zero-order valence-electron chi connectivity index (χ0n) is 15.9. The molecule has 3 saturated heterocycles. The van der Waals surface area contributed by atoms with E-state index in [0.717, 1.165) is 44.6 Å². The zero-order chi connectivity index (χ0) is 19.1. The highest BCUT2D eigenvalue weighted by Crippen LogP contribution is 2.44. The quantitative estimate of drug-likeness (QED) is 0.765. The van der Waals surface area contributed by atoms with Gasteiger partial charge in [0.05, 0.1) is 11.2 Å². The summed E-state index contributed by atoms with van der Waals surface area (Å²) in [5.74, 6) is 0.211. The smallest absolute Gasteiger partial charge is 0.231 e. The Hall–Kier alpha value is -1.51. The van der Waals surface area contributed by atoms with Gasteiger partial charge in [0.15, 0.2) is 0 Å². The van der Waals surface area contributed by atoms with E-state index in [1.54, 1.807) is 13.2 Å². The van der Waals surface area contributed by atoms with Crippen LogP contribution in [0.2, 0.25) is 0 Å². The molecule has 4 heterocycles. The van der Waals surface area contributed by atoms with Gasteiger partial charge in [-0.2, -0.15) is 0 Å². The summed E-state index contributed by atoms with van der Waals surface area (Å²) in [6, 6.07) is 3.73. The largest absolute Gasteiger partial charge is 0.342 e. The molecule has 7 nitrogen and oxygen atoms in total. The lowest BCUT2D eigenvalue weighted by molar-refractivity contribution is -0.150. The van der Waals surface area contributed by atoms with E-state index in [1.165, 1.54) is 4.31 Å². The normalized spacial score (nSPS) is 31.6. The van der Waals surface area contributed by atoms with Crippen LogP contribution >= 0.6 is 0 Å². The molecule has 0 N–H and O–H groups in total. The molecule has 0 bridgehead atoms. The minimum absolute atomic E-state index is 0.0559. The van der Waals surface area contributed by atoms with Gasteiger partial charge in [-0.05, 0) is 37.3 Å². The fraction of sp³-hybridized carbons (Fsp3) is 0.684. The average Bonchev–Trinajstić information content (AvgIpc) is 3.20. The first-order valence-electron chi connectivity index (χ1n) is 9.79. The lowest BCUT2D eigenvalue weighted by Gasteiger charge is -2.53. The van der Waals surface area contributed by atoms with Gasteiger partial charge in [0.1, 0.15) is 0 Å². The summed E-state index contributed by atoms with van der Waals surface area (Å²) in [7, 11) is -1.61. The standard InChI is InChI=1S/C19H28N4O3S/c1-21-17-6-11-22(14-16-5-4-8-20-13-16)15-19(17,7-12-27(21,25)26)18(24)23-9-2-3-10-23/h4-5,8,13,17H,2-3,6-7,9-12,14-15H2,1H3/t17-,19+/m1/s1. The van der Waals surface area contributed by atoms with Gasteiger partial charge in [-0.3, -0.25) is 14.7 Å². The highest BCUT2D eigenvalue weighted by Gasteiger charge is 2.57. The molecular weight excluding hydrogens is 364 g/mol. The van der Waals surface area contributed by atoms with E-state index in [4.69, 9.17) is 0 Å². The summed E-state index contributed by atoms with van der Waals surface area (Å²) >= 11 is 0. The number of hydrogen-bond acceptors (Lipinski definition) is 5. The molecule has 0 aliphatic carbocycles. The second-order valence-corrected chi connectivity index (χ2v) is 10.3. The molecule has 1 aromatic rings. The van der Waals surface area contributed by atoms with E-state index in [9.17, 15) is 13.2 Å². The number of piperidine rings is 1. The number of carbonyl (C=O) groups is 1. The number of hydrogen-bond donors (Lipinski definition) is 0. The van der Waals surface area contributed by atoms with Gasteiger partial charge in [0.2, 0.25) is 15.9 Å². The van der Waals surface area contributed by atoms with Crippen LogP contribution in [0, 0.1) is 5.41 Å². The summed E-state index contributed by atoms with van der Waals surface area (Å²) in [5, 5.41) is 0. The second kappa shape index (κ2) is 7.14. The summed E-state index contributed by atoms with van der Waals surface area (Å²) < 4.78 is 26.4. The third kappa shape index (κ3) is 3.39. The molecule has 0 saturated carbocycles. The molecule has 0 unspecified atom stereocenters. The number of likely N-dealkylation sites (tertiary alicyclic amines) is 2. The van der Waals surface area contributed by atoms with E-state index >= 15 is 0 Å². The maximum atomic E-state index is 13.6. The number of nitrogens with zero attached hydrogens (tertiary/aromatic N) is 4. The summed E-state index contributed by atoms with van der Waals surface area (Å²) in [4.78, 5) is 22.0. The molecule has 0 radical (unpaired) electrons. The van der Waals surface area contributed by atoms with Crippen molar-refractivity contribution in [2.24, 2.45) is 5.41 Å². The molecule has 3 aliphatic rings. The number of sulfonamides is 1. The first-order valence-corrected chi connectivity index (χ1v) is 11.4. The van der Waals surface area contributed by atoms with E-state index in [0.29, 0.717) is 19.4 Å². The summed E-state index contributed by atoms with van der Waals surface area (Å²) in [6.07, 6.45) is 6.81. The lowest BCUT2D eigenvalue weighted by atomic mass is 9.71. The van der Waals surface area contributed by atoms with E-state index in [1.807, 2.05) is 23.2 Å². The molecule has 0 aromatic carbocycles. The summed E-state index contributed by atoms with van der Waals surface area (Å²) in [5.41, 5.74) is 0.488. The third-order valence-electron chi connectivity index (χ3n) is 6.49. The predicted octanol–water partition coefficient (Wildman–Crippen LogP) is 0.930. The predicted molar refractivity (Wildman–Crippen MR) is 102 cm³/mol. The van der Waals surface area contributed by atoms with Crippen LogP contribution in [-0.2, 0) is 21.4 Å². The maximum Gasteiger partial charge on any atom is 0.231 e. The van der Waals surface area contributed by atoms with Crippen molar-refractivity contribution in [3.8, 4) is 0 Å². The molecule has 1 aromatic heterocycles. The Kier molecular flexibility index (Phi) is 4.98. The average molecular weight is 393 g/mol. The minimum Gasteiger partial charge on any atom is -0.342 e. The molecular formula is C19H28N4O3S. The fourth-order valence-electron chi connectivity index (χ4n) is 5.03. The van der Waals surface area contributed by atoms with Crippen LogP contribution in [0.3, 0.4) is 0 Å². The van der Waals surface area contributed by atoms with Crippen molar-refractivity contribution in [1.82, 2.24) is 19.1 Å². The van der Waals surface area contributed by atoms with Crippen molar-refractivity contribution in [3.63, 3.8) is 0 Å². The van der Waals surface area contributed by atoms with Crippen LogP contribution in [-0.4, -0.2) is 78.4 Å². The van der Waals surface area contributed by atoms with Crippen molar-refractivity contribution >= 4 is 15.9 Å². The Morgan fingerprint density at radius 1 is 1.30 bits per heavy atom. The maximum absolute atomic E-state index is 13.6. The molecule has 3 aliphatic heterocycles. The number of pyridine rings is 1. The van der Waals surface area contributed by atoms with Crippen LogP contribution < -0.4 is 0 Å². The van der Waals surface area contributed by atoms with Crippen molar-refractivity contribution in [3.05, 3.63) is 30.1 Å². The lowest BCUT2D eigenvalue weighted by Crippen LogP contribution is -2.67. The first-order chi connectivity index (χ1) is 12.9. The highest BCUT2D eigenvalue weighted by atomic mass is 32.2. The van der Waals surface area contributed by atoms with Gasteiger partial charge in [-0.1, -0.05) is 6.07 Å². The Balaban J connectivity index is 1.63. The second-order valence-electron chi connectivity index (χ2n) is 8.11. The van der Waals surface area contributed by atoms with E-state index in [-0.39, 0.29) is 17.7 Å². The molecule has 1 amide bonds. The molecule has 2 atom stereocenters. The topological polar surface area (TPSA) is 73.8 Å². The SMILES string of the molecule is CN1[C@@H]2CCN(Cc3cccnc3)C[C@@]2(C(=O)N2CCCC2)CCS1(=O)=O. The van der Waals surface area contributed by atoms with E-state index in [2.05, 4.69) is 9.88 Å². The van der Waals surface area contributed by atoms with Gasteiger partial charge in [-0.25, -0.2) is 12.7 Å². The van der Waals surface area contributed by atoms with Gasteiger partial charge < -0.3 is 4.90 Å². The molecule has 148 valence electrons. The van der Waals surface area contributed by atoms with Crippen LogP contribution in [0.5, 0.6) is 0 Å². The first kappa shape index (κ1) is 18.8. The van der Waals surface area contributed by atoms with Crippen molar-refractivity contribution < 1.29 is 13.2 Å². The van der Waals surface area contributed by atoms with E-state index < -0.39 is 15.4 Å². The van der Waals surface area contributed by atoms with Gasteiger partial charge in [-0.15, -0.1) is 0 Å². The van der Waals surface area contributed by atoms with Crippen LogP contribution in [0.25, 0.3) is 0 Å². The van der Waals surface area contributed by atoms with Crippen molar-refractivity contribution in [2.75, 3.05) is 39.0 Å². The highest BCUT2D eigenvalue weighted by molar-refractivity contribution is 7.89. The van der Waals surface area contributed by atoms with Gasteiger partial charge in [0.25, 0.3) is 0 Å². The van der Waals surface area contributed by atoms with Crippen molar-refractivity contribution in [2.45, 2.75) is 38.3 Å². The molecule has 4 rings (SSSR count). The number of rotatable bonds is 3. The Morgan fingerprint density at radius 2 is 2.07 bits per heavy atom. The van der Waals surface area contributed by atoms with Gasteiger partial charge >= 0.3 is 0 Å². The zero-order valence-corrected chi connectivity index (χ0v) is 16.7. The molecule has 3 fully saturated rings. The molecule has 27 heavy (non-hydrogen) atoms. The minimum atomic E-state index is -3.27. The molecule has 8 heteroatoms. The fourth-order valence-corrected chi connectivity index (χ4v) is 6.63. The van der Waals surface area contributed by atoms with Gasteiger partial charge in [0, 0.05) is 58.2 Å². The van der Waals surface area contributed by atoms with Crippen LogP contribution in [0.4, 0.5) is 0 Å². The number of carbonyl (C=O) groups excluding carboxylic acids is 1.